The van der Waals surface area contributed by atoms with Gasteiger partial charge in [-0.2, -0.15) is 0 Å². The number of phenolic OH excluding ortho intramolecular Hbond substituents is 2. The molecule has 2 aromatic carbocycles. The van der Waals surface area contributed by atoms with Crippen LogP contribution in [-0.2, 0) is 31.1 Å². The van der Waals surface area contributed by atoms with Crippen molar-refractivity contribution in [2.45, 2.75) is 97.2 Å². The standard InChI is InChI=1S/C40H48O8/c1-24(2)10-8-11-26(5)12-9-13-28(22-46-27(6)41)14-15-29-20-30(42)21-31-35-33(43)16-17-34-36(35)40(48-37(29)31)23-39(47-34,38(44)45-7)19-18-32(40)25(3)4/h10,12,14,16-17,20-21,32,42-43H,3,8-9,11,13,15,18-19,22-23H2,1-2,4-7H3/b26-12-,28-14-/t32-,39-,40+/m0/s1. The van der Waals surface area contributed by atoms with Crippen molar-refractivity contribution < 1.29 is 38.7 Å². The predicted octanol–water partition coefficient (Wildman–Crippen LogP) is 8.54. The number of carbonyl (C=O) groups excluding carboxylic acids is 2. The van der Waals surface area contributed by atoms with Crippen LogP contribution in [0.5, 0.6) is 23.0 Å². The molecule has 3 atom stereocenters. The van der Waals surface area contributed by atoms with Crippen LogP contribution in [0.2, 0.25) is 0 Å². The van der Waals surface area contributed by atoms with Crippen LogP contribution in [0.3, 0.4) is 0 Å². The summed E-state index contributed by atoms with van der Waals surface area (Å²) >= 11 is 0. The maximum absolute atomic E-state index is 13.3. The van der Waals surface area contributed by atoms with Crippen LogP contribution in [0.25, 0.3) is 11.1 Å². The highest BCUT2D eigenvalue weighted by atomic mass is 16.6. The average Bonchev–Trinajstić information content (AvgIpc) is 3.02. The fraction of sp³-hybridized carbons (Fsp3) is 0.450. The summed E-state index contributed by atoms with van der Waals surface area (Å²) in [5.74, 6) is -0.0188. The van der Waals surface area contributed by atoms with Gasteiger partial charge in [-0.05, 0) is 102 Å². The molecule has 8 nitrogen and oxygen atoms in total. The minimum absolute atomic E-state index is 0.0193. The van der Waals surface area contributed by atoms with Gasteiger partial charge in [0.15, 0.2) is 0 Å². The van der Waals surface area contributed by atoms with E-state index in [1.165, 1.54) is 25.2 Å². The highest BCUT2D eigenvalue weighted by molar-refractivity contribution is 5.88. The van der Waals surface area contributed by atoms with Crippen molar-refractivity contribution in [3.8, 4) is 34.1 Å². The molecule has 1 fully saturated rings. The third kappa shape index (κ3) is 6.75. The van der Waals surface area contributed by atoms with Gasteiger partial charge in [-0.3, -0.25) is 4.79 Å². The van der Waals surface area contributed by atoms with E-state index in [0.29, 0.717) is 59.4 Å². The average molecular weight is 657 g/mol. The van der Waals surface area contributed by atoms with Gasteiger partial charge in [0.05, 0.1) is 7.11 Å². The van der Waals surface area contributed by atoms with Crippen LogP contribution < -0.4 is 9.47 Å². The van der Waals surface area contributed by atoms with E-state index < -0.39 is 17.2 Å². The van der Waals surface area contributed by atoms with Gasteiger partial charge in [0.2, 0.25) is 5.60 Å². The summed E-state index contributed by atoms with van der Waals surface area (Å²) in [6.45, 7) is 14.2. The molecule has 1 saturated carbocycles. The minimum Gasteiger partial charge on any atom is -0.508 e. The number of aromatic hydroxyl groups is 2. The van der Waals surface area contributed by atoms with E-state index in [1.54, 1.807) is 24.3 Å². The Hall–Kier alpha value is -4.46. The topological polar surface area (TPSA) is 112 Å². The van der Waals surface area contributed by atoms with Crippen molar-refractivity contribution in [1.82, 2.24) is 0 Å². The molecule has 2 bridgehead atoms. The first-order chi connectivity index (χ1) is 22.8. The van der Waals surface area contributed by atoms with Gasteiger partial charge < -0.3 is 29.2 Å². The molecule has 1 spiro atoms. The van der Waals surface area contributed by atoms with Crippen LogP contribution in [0.4, 0.5) is 0 Å². The number of hydrogen-bond acceptors (Lipinski definition) is 8. The lowest BCUT2D eigenvalue weighted by atomic mass is 9.60. The molecular formula is C40H48O8. The Morgan fingerprint density at radius 1 is 1.02 bits per heavy atom. The van der Waals surface area contributed by atoms with Crippen molar-refractivity contribution in [2.75, 3.05) is 13.7 Å². The van der Waals surface area contributed by atoms with E-state index in [2.05, 4.69) is 39.5 Å². The molecule has 5 rings (SSSR count). The van der Waals surface area contributed by atoms with Gasteiger partial charge in [0.25, 0.3) is 0 Å². The molecule has 1 aliphatic carbocycles. The molecule has 0 amide bonds. The molecule has 0 aromatic heterocycles. The number of fused-ring (bicyclic) bond motifs is 3. The SMILES string of the molecule is C=C(C)[C@@H]1CC[C@@]2(C(=O)OC)C[C@@]13Oc1c(C/C=C(/CC/C=C(/C)CCC=C(C)C)COC(C)=O)cc(O)cc1-c1c(O)ccc(c13)O2. The summed E-state index contributed by atoms with van der Waals surface area (Å²) in [6, 6.07) is 6.48. The zero-order valence-electron chi connectivity index (χ0n) is 29.0. The first-order valence-electron chi connectivity index (χ1n) is 16.7. The molecule has 0 unspecified atom stereocenters. The van der Waals surface area contributed by atoms with E-state index in [0.717, 1.165) is 30.4 Å². The number of ether oxygens (including phenoxy) is 4. The van der Waals surface area contributed by atoms with E-state index >= 15 is 0 Å². The maximum Gasteiger partial charge on any atom is 0.350 e. The number of phenols is 2. The number of esters is 2. The summed E-state index contributed by atoms with van der Waals surface area (Å²) in [7, 11) is 1.36. The van der Waals surface area contributed by atoms with E-state index in [1.807, 2.05) is 13.0 Å². The zero-order valence-corrected chi connectivity index (χ0v) is 29.0. The summed E-state index contributed by atoms with van der Waals surface area (Å²) in [5, 5.41) is 22.3. The lowest BCUT2D eigenvalue weighted by molar-refractivity contribution is -0.181. The van der Waals surface area contributed by atoms with Crippen molar-refractivity contribution in [3.63, 3.8) is 0 Å². The highest BCUT2D eigenvalue weighted by Crippen LogP contribution is 2.65. The second-order valence-electron chi connectivity index (χ2n) is 13.8. The van der Waals surface area contributed by atoms with E-state index in [9.17, 15) is 19.8 Å². The molecule has 8 heteroatoms. The first-order valence-corrected chi connectivity index (χ1v) is 16.7. The lowest BCUT2D eigenvalue weighted by Gasteiger charge is -2.56. The molecule has 2 aliphatic heterocycles. The Bertz CT molecular complexity index is 1710. The largest absolute Gasteiger partial charge is 0.508 e. The van der Waals surface area contributed by atoms with Crippen molar-refractivity contribution in [2.24, 2.45) is 5.92 Å². The van der Waals surface area contributed by atoms with Crippen molar-refractivity contribution in [3.05, 3.63) is 82.5 Å². The zero-order chi connectivity index (χ0) is 34.8. The van der Waals surface area contributed by atoms with Gasteiger partial charge >= 0.3 is 11.9 Å². The minimum atomic E-state index is -1.26. The van der Waals surface area contributed by atoms with Crippen molar-refractivity contribution >= 4 is 11.9 Å². The normalized spacial score (nSPS) is 22.3. The van der Waals surface area contributed by atoms with Gasteiger partial charge in [-0.1, -0.05) is 41.5 Å². The molecule has 3 aliphatic rings. The van der Waals surface area contributed by atoms with Crippen LogP contribution in [-0.4, -0.2) is 41.5 Å². The van der Waals surface area contributed by atoms with E-state index in [4.69, 9.17) is 18.9 Å². The van der Waals surface area contributed by atoms with Crippen LogP contribution in [0.15, 0.2) is 71.4 Å². The van der Waals surface area contributed by atoms with Gasteiger partial charge in [-0.15, -0.1) is 0 Å². The monoisotopic (exact) mass is 656 g/mol. The third-order valence-electron chi connectivity index (χ3n) is 9.80. The Kier molecular flexibility index (Phi) is 10.1. The van der Waals surface area contributed by atoms with Gasteiger partial charge in [-0.25, -0.2) is 4.79 Å². The predicted molar refractivity (Wildman–Crippen MR) is 185 cm³/mol. The molecular weight excluding hydrogens is 608 g/mol. The first kappa shape index (κ1) is 34.9. The number of benzene rings is 2. The number of methoxy groups -OCH3 is 1. The Morgan fingerprint density at radius 2 is 1.77 bits per heavy atom. The quantitative estimate of drug-likeness (QED) is 0.173. The molecule has 48 heavy (non-hydrogen) atoms. The summed E-state index contributed by atoms with van der Waals surface area (Å²) in [6.07, 6.45) is 11.5. The van der Waals surface area contributed by atoms with Gasteiger partial charge in [0, 0.05) is 41.5 Å². The van der Waals surface area contributed by atoms with Crippen LogP contribution >= 0.6 is 0 Å². The Labute approximate surface area is 283 Å². The number of rotatable bonds is 12. The Morgan fingerprint density at radius 3 is 2.46 bits per heavy atom. The summed E-state index contributed by atoms with van der Waals surface area (Å²) < 4.78 is 24.2. The highest BCUT2D eigenvalue weighted by Gasteiger charge is 2.64. The second kappa shape index (κ2) is 14.0. The molecule has 256 valence electrons. The molecule has 2 N–H and O–H groups in total. The van der Waals surface area contributed by atoms with E-state index in [-0.39, 0.29) is 36.4 Å². The Balaban J connectivity index is 1.56. The van der Waals surface area contributed by atoms with Gasteiger partial charge in [0.1, 0.15) is 35.2 Å². The maximum atomic E-state index is 13.3. The second-order valence-corrected chi connectivity index (χ2v) is 13.8. The third-order valence-corrected chi connectivity index (χ3v) is 9.80. The number of carbonyl (C=O) groups is 2. The molecule has 2 heterocycles. The number of allylic oxidation sites excluding steroid dienone is 5. The molecule has 0 saturated heterocycles. The fourth-order valence-electron chi connectivity index (χ4n) is 7.55. The summed E-state index contributed by atoms with van der Waals surface area (Å²) in [5.41, 5.74) is 4.53. The van der Waals surface area contributed by atoms with Crippen LogP contribution in [0.1, 0.15) is 90.7 Å². The lowest BCUT2D eigenvalue weighted by Crippen LogP contribution is -2.62. The fourth-order valence-corrected chi connectivity index (χ4v) is 7.55. The molecule has 0 radical (unpaired) electrons. The summed E-state index contributed by atoms with van der Waals surface area (Å²) in [4.78, 5) is 25.1. The van der Waals surface area contributed by atoms with Crippen molar-refractivity contribution in [1.29, 1.82) is 0 Å². The van der Waals surface area contributed by atoms with Crippen LogP contribution in [0, 0.1) is 5.92 Å². The smallest absolute Gasteiger partial charge is 0.350 e. The molecule has 2 aromatic rings. The number of hydrogen-bond donors (Lipinski definition) is 2.